The van der Waals surface area contributed by atoms with E-state index in [-0.39, 0.29) is 5.91 Å². The Morgan fingerprint density at radius 2 is 1.90 bits per heavy atom. The fourth-order valence-corrected chi connectivity index (χ4v) is 3.20. The van der Waals surface area contributed by atoms with Crippen LogP contribution in [0.2, 0.25) is 0 Å². The number of amides is 1. The highest BCUT2D eigenvalue weighted by molar-refractivity contribution is 5.78. The van der Waals surface area contributed by atoms with Crippen LogP contribution < -0.4 is 5.32 Å². The summed E-state index contributed by atoms with van der Waals surface area (Å²) < 4.78 is 5.29. The lowest BCUT2D eigenvalue weighted by Gasteiger charge is -2.36. The van der Waals surface area contributed by atoms with E-state index in [1.54, 1.807) is 0 Å². The highest BCUT2D eigenvalue weighted by Gasteiger charge is 2.26. The molecule has 1 unspecified atom stereocenters. The average molecular weight is 283 g/mol. The highest BCUT2D eigenvalue weighted by Crippen LogP contribution is 2.20. The second kappa shape index (κ2) is 7.96. The van der Waals surface area contributed by atoms with Crippen molar-refractivity contribution in [2.45, 2.75) is 32.7 Å². The maximum atomic E-state index is 12.2. The minimum absolute atomic E-state index is 0.270. The van der Waals surface area contributed by atoms with E-state index in [0.717, 1.165) is 38.6 Å². The number of ether oxygens (including phenoxy) is 1. The normalized spacial score (nSPS) is 23.8. The van der Waals surface area contributed by atoms with Gasteiger partial charge in [0.2, 0.25) is 5.91 Å². The summed E-state index contributed by atoms with van der Waals surface area (Å²) >= 11 is 0. The van der Waals surface area contributed by atoms with E-state index in [4.69, 9.17) is 4.74 Å². The fourth-order valence-electron chi connectivity index (χ4n) is 3.20. The molecule has 2 aliphatic heterocycles. The summed E-state index contributed by atoms with van der Waals surface area (Å²) in [6.07, 6.45) is 2.40. The lowest BCUT2D eigenvalue weighted by Crippen LogP contribution is -2.48. The Kier molecular flexibility index (Phi) is 6.26. The molecule has 0 bridgehead atoms. The molecule has 0 spiro atoms. The SMILES string of the molecule is CCNC(C)C1CCN(CC(=O)N2CCOCC2)CC1. The zero-order chi connectivity index (χ0) is 14.4. The molecular weight excluding hydrogens is 254 g/mol. The first-order valence-corrected chi connectivity index (χ1v) is 8.02. The molecule has 0 aromatic carbocycles. The Morgan fingerprint density at radius 3 is 2.50 bits per heavy atom. The number of carbonyl (C=O) groups excluding carboxylic acids is 1. The fraction of sp³-hybridized carbons (Fsp3) is 0.933. The molecular formula is C15H29N3O2. The van der Waals surface area contributed by atoms with Gasteiger partial charge in [-0.15, -0.1) is 0 Å². The summed E-state index contributed by atoms with van der Waals surface area (Å²) in [6.45, 7) is 11.1. The van der Waals surface area contributed by atoms with Gasteiger partial charge in [-0.25, -0.2) is 0 Å². The smallest absolute Gasteiger partial charge is 0.236 e. The third kappa shape index (κ3) is 4.43. The van der Waals surface area contributed by atoms with Crippen molar-refractivity contribution in [3.63, 3.8) is 0 Å². The number of rotatable bonds is 5. The van der Waals surface area contributed by atoms with E-state index in [1.807, 2.05) is 4.90 Å². The van der Waals surface area contributed by atoms with Crippen LogP contribution in [0.5, 0.6) is 0 Å². The number of morpholine rings is 1. The lowest BCUT2D eigenvalue weighted by atomic mass is 9.90. The summed E-state index contributed by atoms with van der Waals surface area (Å²) in [5, 5.41) is 3.51. The Balaban J connectivity index is 1.69. The molecule has 2 saturated heterocycles. The van der Waals surface area contributed by atoms with Gasteiger partial charge in [-0.1, -0.05) is 6.92 Å². The standard InChI is InChI=1S/C15H29N3O2/c1-3-16-13(2)14-4-6-17(7-5-14)12-15(19)18-8-10-20-11-9-18/h13-14,16H,3-12H2,1-2H3. The van der Waals surface area contributed by atoms with Crippen LogP contribution in [0.1, 0.15) is 26.7 Å². The number of hydrogen-bond acceptors (Lipinski definition) is 4. The average Bonchev–Trinajstić information content (AvgIpc) is 2.49. The molecule has 1 amide bonds. The van der Waals surface area contributed by atoms with Gasteiger partial charge in [-0.05, 0) is 45.3 Å². The maximum absolute atomic E-state index is 12.2. The Hall–Kier alpha value is -0.650. The minimum Gasteiger partial charge on any atom is -0.378 e. The molecule has 2 heterocycles. The van der Waals surface area contributed by atoms with Gasteiger partial charge >= 0.3 is 0 Å². The molecule has 20 heavy (non-hydrogen) atoms. The summed E-state index contributed by atoms with van der Waals surface area (Å²) in [4.78, 5) is 16.5. The second-order valence-electron chi connectivity index (χ2n) is 5.95. The predicted molar refractivity (Wildman–Crippen MR) is 79.7 cm³/mol. The molecule has 116 valence electrons. The highest BCUT2D eigenvalue weighted by atomic mass is 16.5. The topological polar surface area (TPSA) is 44.8 Å². The summed E-state index contributed by atoms with van der Waals surface area (Å²) in [5.74, 6) is 1.02. The zero-order valence-corrected chi connectivity index (χ0v) is 12.9. The van der Waals surface area contributed by atoms with Crippen LogP contribution in [0.3, 0.4) is 0 Å². The summed E-state index contributed by atoms with van der Waals surface area (Å²) in [6, 6.07) is 0.595. The van der Waals surface area contributed by atoms with Crippen LogP contribution in [0, 0.1) is 5.92 Å². The molecule has 0 aromatic heterocycles. The van der Waals surface area contributed by atoms with Crippen molar-refractivity contribution in [1.82, 2.24) is 15.1 Å². The largest absolute Gasteiger partial charge is 0.378 e. The van der Waals surface area contributed by atoms with Gasteiger partial charge in [0, 0.05) is 19.1 Å². The molecule has 0 aromatic rings. The van der Waals surface area contributed by atoms with Gasteiger partial charge in [-0.2, -0.15) is 0 Å². The second-order valence-corrected chi connectivity index (χ2v) is 5.95. The van der Waals surface area contributed by atoms with Gasteiger partial charge in [0.15, 0.2) is 0 Å². The Labute approximate surface area is 122 Å². The first kappa shape index (κ1) is 15.7. The van der Waals surface area contributed by atoms with Crippen molar-refractivity contribution in [3.8, 4) is 0 Å². The van der Waals surface area contributed by atoms with Crippen molar-refractivity contribution >= 4 is 5.91 Å². The van der Waals surface area contributed by atoms with Crippen molar-refractivity contribution in [3.05, 3.63) is 0 Å². The summed E-state index contributed by atoms with van der Waals surface area (Å²) in [7, 11) is 0. The van der Waals surface area contributed by atoms with Crippen LogP contribution in [0.25, 0.3) is 0 Å². The van der Waals surface area contributed by atoms with Gasteiger partial charge in [0.1, 0.15) is 0 Å². The number of likely N-dealkylation sites (tertiary alicyclic amines) is 1. The number of nitrogens with zero attached hydrogens (tertiary/aromatic N) is 2. The number of hydrogen-bond donors (Lipinski definition) is 1. The van der Waals surface area contributed by atoms with Gasteiger partial charge in [-0.3, -0.25) is 9.69 Å². The minimum atomic E-state index is 0.270. The van der Waals surface area contributed by atoms with Crippen molar-refractivity contribution in [2.24, 2.45) is 5.92 Å². The number of carbonyl (C=O) groups is 1. The van der Waals surface area contributed by atoms with Gasteiger partial charge in [0.05, 0.1) is 19.8 Å². The first-order chi connectivity index (χ1) is 9.70. The molecule has 5 heteroatoms. The van der Waals surface area contributed by atoms with Crippen molar-refractivity contribution < 1.29 is 9.53 Å². The Bertz CT molecular complexity index is 297. The maximum Gasteiger partial charge on any atom is 0.236 e. The molecule has 2 fully saturated rings. The number of nitrogens with one attached hydrogen (secondary N) is 1. The van der Waals surface area contributed by atoms with Crippen molar-refractivity contribution in [2.75, 3.05) is 52.5 Å². The first-order valence-electron chi connectivity index (χ1n) is 8.02. The van der Waals surface area contributed by atoms with Crippen LogP contribution in [-0.2, 0) is 9.53 Å². The third-order valence-corrected chi connectivity index (χ3v) is 4.59. The molecule has 5 nitrogen and oxygen atoms in total. The quantitative estimate of drug-likeness (QED) is 0.800. The molecule has 2 aliphatic rings. The molecule has 0 aliphatic carbocycles. The molecule has 2 rings (SSSR count). The van der Waals surface area contributed by atoms with E-state index in [0.29, 0.717) is 25.8 Å². The monoisotopic (exact) mass is 283 g/mol. The van der Waals surface area contributed by atoms with E-state index < -0.39 is 0 Å². The third-order valence-electron chi connectivity index (χ3n) is 4.59. The summed E-state index contributed by atoms with van der Waals surface area (Å²) in [5.41, 5.74) is 0. The number of piperidine rings is 1. The van der Waals surface area contributed by atoms with Crippen LogP contribution in [0.15, 0.2) is 0 Å². The Morgan fingerprint density at radius 1 is 1.25 bits per heavy atom. The van der Waals surface area contributed by atoms with Crippen molar-refractivity contribution in [1.29, 1.82) is 0 Å². The van der Waals surface area contributed by atoms with Crippen LogP contribution >= 0.6 is 0 Å². The zero-order valence-electron chi connectivity index (χ0n) is 12.9. The molecule has 0 radical (unpaired) electrons. The molecule has 1 atom stereocenters. The van der Waals surface area contributed by atoms with E-state index in [2.05, 4.69) is 24.1 Å². The van der Waals surface area contributed by atoms with Gasteiger partial charge in [0.25, 0.3) is 0 Å². The molecule has 1 N–H and O–H groups in total. The van der Waals surface area contributed by atoms with E-state index in [9.17, 15) is 4.79 Å². The van der Waals surface area contributed by atoms with Crippen LogP contribution in [-0.4, -0.2) is 74.2 Å². The molecule has 0 saturated carbocycles. The lowest BCUT2D eigenvalue weighted by molar-refractivity contribution is -0.136. The van der Waals surface area contributed by atoms with Gasteiger partial charge < -0.3 is 15.0 Å². The van der Waals surface area contributed by atoms with E-state index in [1.165, 1.54) is 12.8 Å². The van der Waals surface area contributed by atoms with Crippen LogP contribution in [0.4, 0.5) is 0 Å². The van der Waals surface area contributed by atoms with E-state index >= 15 is 0 Å². The predicted octanol–water partition coefficient (Wildman–Crippen LogP) is 0.555.